The monoisotopic (exact) mass is 521 g/mol. The summed E-state index contributed by atoms with van der Waals surface area (Å²) in [5.74, 6) is -3.46. The summed E-state index contributed by atoms with van der Waals surface area (Å²) in [5.41, 5.74) is 7.88. The number of carboxylic acid groups (broad SMARTS) is 1. The van der Waals surface area contributed by atoms with E-state index in [2.05, 4.69) is 33.6 Å². The maximum absolute atomic E-state index is 12.9. The molecular formula is C24H35N5O6S. The van der Waals surface area contributed by atoms with Crippen LogP contribution in [0.25, 0.3) is 10.9 Å². The van der Waals surface area contributed by atoms with Crippen molar-refractivity contribution in [3.05, 3.63) is 36.0 Å². The minimum Gasteiger partial charge on any atom is -0.480 e. The molecule has 0 aliphatic heterocycles. The third kappa shape index (κ3) is 7.97. The third-order valence-electron chi connectivity index (χ3n) is 5.65. The van der Waals surface area contributed by atoms with E-state index in [4.69, 9.17) is 5.73 Å². The molecule has 3 amide bonds. The van der Waals surface area contributed by atoms with Crippen molar-refractivity contribution in [2.24, 2.45) is 11.7 Å². The van der Waals surface area contributed by atoms with Crippen molar-refractivity contribution in [2.45, 2.75) is 63.9 Å². The molecule has 1 heterocycles. The highest BCUT2D eigenvalue weighted by Crippen LogP contribution is 2.18. The van der Waals surface area contributed by atoms with Gasteiger partial charge in [-0.05, 0) is 37.3 Å². The number of nitrogens with one attached hydrogen (secondary N) is 4. The van der Waals surface area contributed by atoms with Gasteiger partial charge < -0.3 is 36.9 Å². The van der Waals surface area contributed by atoms with Crippen molar-refractivity contribution in [3.8, 4) is 0 Å². The Balaban J connectivity index is 2.05. The number of amides is 3. The summed E-state index contributed by atoms with van der Waals surface area (Å²) in [4.78, 5) is 52.8. The standard InChI is InChI=1S/C24H35N5O6S/c1-12(2)8-18(22(32)29-20(13(3)30)24(34)35)27-23(33)19(11-36)28-21(31)16(25)9-14-10-26-17-7-5-4-6-15(14)17/h4-7,10,12-13,16,18-20,26,30,36H,8-9,11,25H2,1-3H3,(H,27,33)(H,28,31)(H,29,32)(H,34,35). The van der Waals surface area contributed by atoms with Crippen LogP contribution in [0.1, 0.15) is 32.8 Å². The van der Waals surface area contributed by atoms with E-state index in [9.17, 15) is 29.4 Å². The van der Waals surface area contributed by atoms with E-state index in [0.717, 1.165) is 16.5 Å². The Morgan fingerprint density at radius 2 is 1.61 bits per heavy atom. The Hall–Kier alpha value is -3.09. The van der Waals surface area contributed by atoms with Gasteiger partial charge in [0, 0.05) is 22.9 Å². The molecule has 36 heavy (non-hydrogen) atoms. The molecule has 198 valence electrons. The summed E-state index contributed by atoms with van der Waals surface area (Å²) in [6.45, 7) is 4.90. The quantitative estimate of drug-likeness (QED) is 0.169. The molecule has 0 spiro atoms. The second-order valence-corrected chi connectivity index (χ2v) is 9.53. The van der Waals surface area contributed by atoms with Crippen molar-refractivity contribution in [2.75, 3.05) is 5.75 Å². The third-order valence-corrected chi connectivity index (χ3v) is 6.02. The van der Waals surface area contributed by atoms with E-state index in [1.807, 2.05) is 38.1 Å². The van der Waals surface area contributed by atoms with Crippen LogP contribution < -0.4 is 21.7 Å². The Kier molecular flexibility index (Phi) is 10.8. The van der Waals surface area contributed by atoms with Gasteiger partial charge in [-0.2, -0.15) is 12.6 Å². The zero-order chi connectivity index (χ0) is 27.0. The number of aliphatic hydroxyl groups excluding tert-OH is 1. The molecule has 1 aromatic heterocycles. The Bertz CT molecular complexity index is 1070. The van der Waals surface area contributed by atoms with Crippen LogP contribution in [-0.4, -0.2) is 74.9 Å². The minimum absolute atomic E-state index is 0.0236. The highest BCUT2D eigenvalue weighted by Gasteiger charge is 2.32. The molecule has 0 saturated heterocycles. The lowest BCUT2D eigenvalue weighted by molar-refractivity contribution is -0.145. The number of fused-ring (bicyclic) bond motifs is 1. The highest BCUT2D eigenvalue weighted by molar-refractivity contribution is 7.80. The largest absolute Gasteiger partial charge is 0.480 e. The van der Waals surface area contributed by atoms with Gasteiger partial charge in [-0.1, -0.05) is 32.0 Å². The normalized spacial score (nSPS) is 15.5. The number of benzene rings is 1. The van der Waals surface area contributed by atoms with Gasteiger partial charge in [0.25, 0.3) is 0 Å². The van der Waals surface area contributed by atoms with Gasteiger partial charge in [-0.3, -0.25) is 14.4 Å². The van der Waals surface area contributed by atoms with Gasteiger partial charge >= 0.3 is 5.97 Å². The maximum atomic E-state index is 12.9. The summed E-state index contributed by atoms with van der Waals surface area (Å²) in [6.07, 6.45) is 0.889. The number of carbonyl (C=O) groups excluding carboxylic acids is 3. The lowest BCUT2D eigenvalue weighted by Crippen LogP contribution is -2.59. The van der Waals surface area contributed by atoms with Crippen molar-refractivity contribution in [1.29, 1.82) is 0 Å². The number of nitrogens with two attached hydrogens (primary N) is 1. The zero-order valence-corrected chi connectivity index (χ0v) is 21.4. The number of aromatic nitrogens is 1. The lowest BCUT2D eigenvalue weighted by atomic mass is 10.0. The molecule has 0 radical (unpaired) electrons. The fourth-order valence-corrected chi connectivity index (χ4v) is 3.98. The van der Waals surface area contributed by atoms with Crippen LogP contribution in [0.3, 0.4) is 0 Å². The summed E-state index contributed by atoms with van der Waals surface area (Å²) < 4.78 is 0. The number of aliphatic hydroxyl groups is 1. The SMILES string of the molecule is CC(C)CC(NC(=O)C(CS)NC(=O)C(N)Cc1c[nH]c2ccccc12)C(=O)NC(C(=O)O)C(C)O. The van der Waals surface area contributed by atoms with Crippen LogP contribution >= 0.6 is 12.6 Å². The molecule has 2 rings (SSSR count). The number of H-pyrrole nitrogens is 1. The molecule has 8 N–H and O–H groups in total. The smallest absolute Gasteiger partial charge is 0.328 e. The molecule has 0 fully saturated rings. The number of carboxylic acids is 1. The fourth-order valence-electron chi connectivity index (χ4n) is 3.72. The van der Waals surface area contributed by atoms with E-state index in [-0.39, 0.29) is 24.5 Å². The van der Waals surface area contributed by atoms with Crippen molar-refractivity contribution in [1.82, 2.24) is 20.9 Å². The van der Waals surface area contributed by atoms with Gasteiger partial charge in [-0.15, -0.1) is 0 Å². The number of carbonyl (C=O) groups is 4. The molecular weight excluding hydrogens is 486 g/mol. The fraction of sp³-hybridized carbons (Fsp3) is 0.500. The average Bonchev–Trinajstić information content (AvgIpc) is 3.22. The molecule has 2 aromatic rings. The van der Waals surface area contributed by atoms with E-state index >= 15 is 0 Å². The highest BCUT2D eigenvalue weighted by atomic mass is 32.1. The summed E-state index contributed by atoms with van der Waals surface area (Å²) in [7, 11) is 0. The van der Waals surface area contributed by atoms with Crippen LogP contribution in [-0.2, 0) is 25.6 Å². The molecule has 5 unspecified atom stereocenters. The van der Waals surface area contributed by atoms with Crippen molar-refractivity contribution < 1.29 is 29.4 Å². The predicted molar refractivity (Wildman–Crippen MR) is 138 cm³/mol. The number of para-hydroxylation sites is 1. The van der Waals surface area contributed by atoms with E-state index in [0.29, 0.717) is 0 Å². The molecule has 0 bridgehead atoms. The van der Waals surface area contributed by atoms with Crippen LogP contribution in [0.2, 0.25) is 0 Å². The van der Waals surface area contributed by atoms with Gasteiger partial charge in [-0.25, -0.2) is 4.79 Å². The Morgan fingerprint density at radius 3 is 2.19 bits per heavy atom. The number of thiol groups is 1. The second kappa shape index (κ2) is 13.3. The van der Waals surface area contributed by atoms with Gasteiger partial charge in [0.05, 0.1) is 12.1 Å². The molecule has 0 aliphatic carbocycles. The maximum Gasteiger partial charge on any atom is 0.328 e. The molecule has 0 saturated carbocycles. The number of rotatable bonds is 13. The second-order valence-electron chi connectivity index (χ2n) is 9.17. The average molecular weight is 522 g/mol. The van der Waals surface area contributed by atoms with Crippen LogP contribution in [0.5, 0.6) is 0 Å². The van der Waals surface area contributed by atoms with Crippen LogP contribution in [0.4, 0.5) is 0 Å². The number of aliphatic carboxylic acids is 1. The Labute approximate surface area is 215 Å². The van der Waals surface area contributed by atoms with Crippen molar-refractivity contribution in [3.63, 3.8) is 0 Å². The predicted octanol–water partition coefficient (Wildman–Crippen LogP) is -0.0666. The van der Waals surface area contributed by atoms with Crippen molar-refractivity contribution >= 4 is 47.2 Å². The summed E-state index contributed by atoms with van der Waals surface area (Å²) >= 11 is 4.16. The lowest BCUT2D eigenvalue weighted by Gasteiger charge is -2.26. The van der Waals surface area contributed by atoms with E-state index in [1.165, 1.54) is 6.92 Å². The summed E-state index contributed by atoms with van der Waals surface area (Å²) in [5, 5.41) is 27.2. The Morgan fingerprint density at radius 1 is 1.00 bits per heavy atom. The molecule has 0 aliphatic rings. The summed E-state index contributed by atoms with van der Waals surface area (Å²) in [6, 6.07) is 2.97. The number of aromatic amines is 1. The topological polar surface area (TPSA) is 187 Å². The molecule has 12 heteroatoms. The van der Waals surface area contributed by atoms with Gasteiger partial charge in [0.1, 0.15) is 12.1 Å². The number of hydrogen-bond donors (Lipinski definition) is 8. The first-order valence-electron chi connectivity index (χ1n) is 11.7. The molecule has 11 nitrogen and oxygen atoms in total. The molecule has 1 aromatic carbocycles. The van der Waals surface area contributed by atoms with Crippen LogP contribution in [0, 0.1) is 5.92 Å². The first kappa shape index (κ1) is 29.1. The van der Waals surface area contributed by atoms with Gasteiger partial charge in [0.15, 0.2) is 6.04 Å². The van der Waals surface area contributed by atoms with E-state index < -0.39 is 54.0 Å². The minimum atomic E-state index is -1.54. The van der Waals surface area contributed by atoms with Crippen LogP contribution in [0.15, 0.2) is 30.5 Å². The first-order chi connectivity index (χ1) is 16.9. The van der Waals surface area contributed by atoms with E-state index in [1.54, 1.807) is 6.20 Å². The first-order valence-corrected chi connectivity index (χ1v) is 12.3. The number of hydrogen-bond acceptors (Lipinski definition) is 7. The zero-order valence-electron chi connectivity index (χ0n) is 20.5. The molecule has 5 atom stereocenters. The van der Waals surface area contributed by atoms with Gasteiger partial charge in [0.2, 0.25) is 17.7 Å².